The number of hydrogen-bond acceptors (Lipinski definition) is 1. The summed E-state index contributed by atoms with van der Waals surface area (Å²) in [6, 6.07) is 9.00. The Morgan fingerprint density at radius 3 is 2.68 bits per heavy atom. The highest BCUT2D eigenvalue weighted by Gasteiger charge is 2.32. The molecule has 0 aromatic heterocycles. The van der Waals surface area contributed by atoms with Gasteiger partial charge in [-0.15, -0.1) is 0 Å². The average molecular weight is 303 g/mol. The van der Waals surface area contributed by atoms with Gasteiger partial charge >= 0.3 is 0 Å². The molecule has 1 aromatic rings. The fourth-order valence-corrected chi connectivity index (χ4v) is 3.89. The monoisotopic (exact) mass is 303 g/mol. The minimum absolute atomic E-state index is 0.328. The Morgan fingerprint density at radius 1 is 1.23 bits per heavy atom. The van der Waals surface area contributed by atoms with E-state index in [1.807, 2.05) is 0 Å². The molecule has 1 amide bonds. The summed E-state index contributed by atoms with van der Waals surface area (Å²) < 4.78 is 0. The first-order valence-corrected chi connectivity index (χ1v) is 8.70. The fourth-order valence-electron chi connectivity index (χ4n) is 3.89. The summed E-state index contributed by atoms with van der Waals surface area (Å²) in [5.41, 5.74) is 2.82. The minimum Gasteiger partial charge on any atom is -0.332 e. The van der Waals surface area contributed by atoms with Gasteiger partial charge in [-0.2, -0.15) is 0 Å². The molecule has 3 rings (SSSR count). The molecule has 0 bridgehead atoms. The summed E-state index contributed by atoms with van der Waals surface area (Å²) in [7, 11) is 2.23. The summed E-state index contributed by atoms with van der Waals surface area (Å²) in [6.07, 6.45) is 1.79. The van der Waals surface area contributed by atoms with Crippen LogP contribution in [0.15, 0.2) is 24.3 Å². The second-order valence-electron chi connectivity index (χ2n) is 6.79. The molecule has 0 aliphatic carbocycles. The Morgan fingerprint density at radius 2 is 1.95 bits per heavy atom. The first-order chi connectivity index (χ1) is 10.7. The van der Waals surface area contributed by atoms with Gasteiger partial charge in [-0.3, -0.25) is 4.79 Å². The number of amides is 1. The molecule has 1 saturated heterocycles. The van der Waals surface area contributed by atoms with E-state index < -0.39 is 0 Å². The van der Waals surface area contributed by atoms with E-state index in [1.165, 1.54) is 22.6 Å². The Kier molecular flexibility index (Phi) is 4.79. The van der Waals surface area contributed by atoms with Crippen LogP contribution in [-0.2, 0) is 11.2 Å². The SMILES string of the molecule is CC[NH+]1CCN(C(=O)C[C@@H]2c3ccccc3CC[NH+]2C)CC1. The Balaban J connectivity index is 1.66. The third-order valence-corrected chi connectivity index (χ3v) is 5.52. The predicted molar refractivity (Wildman–Crippen MR) is 87.1 cm³/mol. The lowest BCUT2D eigenvalue weighted by atomic mass is 9.91. The highest BCUT2D eigenvalue weighted by Crippen LogP contribution is 2.22. The topological polar surface area (TPSA) is 29.2 Å². The molecule has 2 aliphatic rings. The van der Waals surface area contributed by atoms with Gasteiger partial charge in [0.15, 0.2) is 0 Å². The zero-order chi connectivity index (χ0) is 15.5. The van der Waals surface area contributed by atoms with Crippen molar-refractivity contribution in [3.63, 3.8) is 0 Å². The maximum absolute atomic E-state index is 12.7. The van der Waals surface area contributed by atoms with E-state index in [2.05, 4.69) is 43.1 Å². The third-order valence-electron chi connectivity index (χ3n) is 5.52. The number of quaternary nitrogens is 2. The van der Waals surface area contributed by atoms with Gasteiger partial charge in [0.2, 0.25) is 5.91 Å². The Hall–Kier alpha value is -1.39. The molecular weight excluding hydrogens is 274 g/mol. The van der Waals surface area contributed by atoms with Crippen molar-refractivity contribution in [1.82, 2.24) is 4.90 Å². The van der Waals surface area contributed by atoms with Crippen LogP contribution in [0.5, 0.6) is 0 Å². The van der Waals surface area contributed by atoms with Gasteiger partial charge in [0.05, 0.1) is 52.7 Å². The van der Waals surface area contributed by atoms with Crippen LogP contribution >= 0.6 is 0 Å². The summed E-state index contributed by atoms with van der Waals surface area (Å²) in [5, 5.41) is 0. The van der Waals surface area contributed by atoms with Crippen molar-refractivity contribution in [2.45, 2.75) is 25.8 Å². The zero-order valence-electron chi connectivity index (χ0n) is 13.9. The summed E-state index contributed by atoms with van der Waals surface area (Å²) >= 11 is 0. The standard InChI is InChI=1S/C18H27N3O/c1-3-20-10-12-21(13-11-20)18(22)14-17-16-7-5-4-6-15(16)8-9-19(17)2/h4-7,17H,3,8-14H2,1-2H3/p+2/t17-/m1/s1. The molecule has 4 heteroatoms. The largest absolute Gasteiger partial charge is 0.332 e. The molecule has 2 atom stereocenters. The zero-order valence-corrected chi connectivity index (χ0v) is 13.9. The number of carbonyl (C=O) groups excluding carboxylic acids is 1. The second-order valence-corrected chi connectivity index (χ2v) is 6.79. The van der Waals surface area contributed by atoms with E-state index in [1.54, 1.807) is 4.90 Å². The van der Waals surface area contributed by atoms with Gasteiger partial charge in [0.25, 0.3) is 0 Å². The number of nitrogens with zero attached hydrogens (tertiary/aromatic N) is 1. The van der Waals surface area contributed by atoms with Crippen molar-refractivity contribution in [2.24, 2.45) is 0 Å². The van der Waals surface area contributed by atoms with E-state index >= 15 is 0 Å². The lowest BCUT2D eigenvalue weighted by molar-refractivity contribution is -0.914. The number of carbonyl (C=O) groups is 1. The van der Waals surface area contributed by atoms with Gasteiger partial charge in [-0.05, 0) is 12.5 Å². The van der Waals surface area contributed by atoms with Crippen LogP contribution in [0.4, 0.5) is 0 Å². The summed E-state index contributed by atoms with van der Waals surface area (Å²) in [5.74, 6) is 0.344. The second kappa shape index (κ2) is 6.80. The normalized spacial score (nSPS) is 25.8. The number of likely N-dealkylation sites (N-methyl/N-ethyl adjacent to an activating group) is 2. The highest BCUT2D eigenvalue weighted by molar-refractivity contribution is 5.77. The van der Waals surface area contributed by atoms with Crippen molar-refractivity contribution in [2.75, 3.05) is 46.3 Å². The average Bonchev–Trinajstić information content (AvgIpc) is 2.57. The van der Waals surface area contributed by atoms with Crippen molar-refractivity contribution in [1.29, 1.82) is 0 Å². The van der Waals surface area contributed by atoms with Crippen molar-refractivity contribution in [3.05, 3.63) is 35.4 Å². The predicted octanol–water partition coefficient (Wildman–Crippen LogP) is -1.06. The van der Waals surface area contributed by atoms with E-state index in [4.69, 9.17) is 0 Å². The fraction of sp³-hybridized carbons (Fsp3) is 0.611. The van der Waals surface area contributed by atoms with Crippen LogP contribution < -0.4 is 9.80 Å². The van der Waals surface area contributed by atoms with Crippen molar-refractivity contribution >= 4 is 5.91 Å². The molecule has 0 radical (unpaired) electrons. The lowest BCUT2D eigenvalue weighted by Crippen LogP contribution is -3.14. The first kappa shape index (κ1) is 15.5. The van der Waals surface area contributed by atoms with Crippen LogP contribution in [-0.4, -0.2) is 57.1 Å². The third kappa shape index (κ3) is 3.18. The van der Waals surface area contributed by atoms with Crippen LogP contribution in [0.1, 0.15) is 30.5 Å². The van der Waals surface area contributed by atoms with Crippen LogP contribution in [0.25, 0.3) is 0 Å². The molecule has 22 heavy (non-hydrogen) atoms. The van der Waals surface area contributed by atoms with Crippen molar-refractivity contribution < 1.29 is 14.6 Å². The molecular formula is C18H29N3O+2. The Bertz CT molecular complexity index is 523. The number of piperazine rings is 1. The molecule has 2 N–H and O–H groups in total. The van der Waals surface area contributed by atoms with Crippen LogP contribution in [0.2, 0.25) is 0 Å². The smallest absolute Gasteiger partial charge is 0.229 e. The maximum Gasteiger partial charge on any atom is 0.229 e. The molecule has 1 unspecified atom stereocenters. The molecule has 120 valence electrons. The van der Waals surface area contributed by atoms with E-state index in [0.29, 0.717) is 18.4 Å². The molecule has 4 nitrogen and oxygen atoms in total. The van der Waals surface area contributed by atoms with Gasteiger partial charge in [-0.25, -0.2) is 0 Å². The molecule has 2 heterocycles. The summed E-state index contributed by atoms with van der Waals surface area (Å²) in [6.45, 7) is 8.58. The molecule has 1 aromatic carbocycles. The minimum atomic E-state index is 0.328. The number of hydrogen-bond donors (Lipinski definition) is 2. The maximum atomic E-state index is 12.7. The molecule has 0 saturated carbocycles. The molecule has 0 spiro atoms. The molecule has 1 fully saturated rings. The first-order valence-electron chi connectivity index (χ1n) is 8.70. The Labute approximate surface area is 133 Å². The van der Waals surface area contributed by atoms with Crippen LogP contribution in [0, 0.1) is 0 Å². The van der Waals surface area contributed by atoms with Gasteiger partial charge in [0.1, 0.15) is 6.04 Å². The van der Waals surface area contributed by atoms with E-state index in [-0.39, 0.29) is 0 Å². The van der Waals surface area contributed by atoms with Crippen molar-refractivity contribution in [3.8, 4) is 0 Å². The van der Waals surface area contributed by atoms with Crippen LogP contribution in [0.3, 0.4) is 0 Å². The van der Waals surface area contributed by atoms with Gasteiger partial charge in [0, 0.05) is 12.0 Å². The van der Waals surface area contributed by atoms with E-state index in [9.17, 15) is 4.79 Å². The van der Waals surface area contributed by atoms with Gasteiger partial charge in [-0.1, -0.05) is 24.3 Å². The lowest BCUT2D eigenvalue weighted by Gasteiger charge is -2.35. The quantitative estimate of drug-likeness (QED) is 0.732. The molecule has 2 aliphatic heterocycles. The summed E-state index contributed by atoms with van der Waals surface area (Å²) in [4.78, 5) is 17.9. The number of benzene rings is 1. The van der Waals surface area contributed by atoms with Gasteiger partial charge < -0.3 is 14.7 Å². The number of rotatable bonds is 3. The van der Waals surface area contributed by atoms with E-state index in [0.717, 1.165) is 39.1 Å². The number of nitrogens with one attached hydrogen (secondary N) is 2. The number of fused-ring (bicyclic) bond motifs is 1. The highest BCUT2D eigenvalue weighted by atomic mass is 16.2.